The maximum absolute atomic E-state index is 5.35. The van der Waals surface area contributed by atoms with Crippen LogP contribution in [0, 0.1) is 0 Å². The summed E-state index contributed by atoms with van der Waals surface area (Å²) in [5.74, 6) is 0.961. The number of hydrogen-bond donors (Lipinski definition) is 0. The minimum Gasteiger partial charge on any atom is -0.463 e. The quantitative estimate of drug-likeness (QED) is 0.583. The van der Waals surface area contributed by atoms with Crippen molar-refractivity contribution in [2.24, 2.45) is 0 Å². The van der Waals surface area contributed by atoms with E-state index < -0.39 is 0 Å². The van der Waals surface area contributed by atoms with Crippen molar-refractivity contribution in [1.82, 2.24) is 0 Å². The summed E-state index contributed by atoms with van der Waals surface area (Å²) < 4.78 is 5.35. The molecule has 2 heteroatoms. The summed E-state index contributed by atoms with van der Waals surface area (Å²) in [6.45, 7) is 2.04. The molecule has 1 nitrogen and oxygen atoms in total. The Kier molecular flexibility index (Phi) is 1.62. The Morgan fingerprint density at radius 2 is 2.09 bits per heavy atom. The predicted octanol–water partition coefficient (Wildman–Crippen LogP) is 3.03. The van der Waals surface area contributed by atoms with Crippen LogP contribution in [0.15, 0.2) is 40.3 Å². The summed E-state index contributed by atoms with van der Waals surface area (Å²) in [6, 6.07) is 8.05. The molecule has 0 atom stereocenters. The van der Waals surface area contributed by atoms with Crippen molar-refractivity contribution in [1.29, 1.82) is 0 Å². The fourth-order valence-corrected chi connectivity index (χ4v) is 1.78. The molecule has 0 amide bonds. The van der Waals surface area contributed by atoms with Crippen LogP contribution in [-0.4, -0.2) is 0 Å². The van der Waals surface area contributed by atoms with Crippen molar-refractivity contribution in [2.75, 3.05) is 0 Å². The van der Waals surface area contributed by atoms with Crippen LogP contribution in [0.1, 0.15) is 6.92 Å². The van der Waals surface area contributed by atoms with Gasteiger partial charge in [0.15, 0.2) is 0 Å². The van der Waals surface area contributed by atoms with Crippen LogP contribution in [-0.2, 0) is 0 Å². The van der Waals surface area contributed by atoms with Crippen LogP contribution in [0.25, 0.3) is 0 Å². The molecule has 1 aromatic carbocycles. The van der Waals surface area contributed by atoms with Crippen LogP contribution in [0.5, 0.6) is 5.75 Å². The number of benzene rings is 1. The van der Waals surface area contributed by atoms with E-state index in [1.54, 1.807) is 18.0 Å². The highest BCUT2D eigenvalue weighted by atomic mass is 32.2. The van der Waals surface area contributed by atoms with Gasteiger partial charge in [0.05, 0.1) is 4.90 Å². The lowest BCUT2D eigenvalue weighted by molar-refractivity contribution is 0.464. The van der Waals surface area contributed by atoms with Crippen LogP contribution >= 0.6 is 11.8 Å². The van der Waals surface area contributed by atoms with E-state index in [1.807, 2.05) is 25.1 Å². The normalized spacial score (nSPS) is 14.8. The minimum atomic E-state index is 0.961. The van der Waals surface area contributed by atoms with Crippen LogP contribution in [0.3, 0.4) is 0 Å². The van der Waals surface area contributed by atoms with Gasteiger partial charge in [0.1, 0.15) is 12.0 Å². The van der Waals surface area contributed by atoms with E-state index in [4.69, 9.17) is 4.74 Å². The Balaban J connectivity index is 2.42. The summed E-state index contributed by atoms with van der Waals surface area (Å²) in [6.07, 6.45) is 1.78. The molecule has 0 N–H and O–H groups in total. The molecule has 1 heterocycles. The first kappa shape index (κ1) is 6.80. The van der Waals surface area contributed by atoms with Crippen LogP contribution < -0.4 is 4.74 Å². The van der Waals surface area contributed by atoms with Crippen molar-refractivity contribution < 1.29 is 4.74 Å². The second kappa shape index (κ2) is 2.62. The molecule has 0 aromatic heterocycles. The van der Waals surface area contributed by atoms with Gasteiger partial charge in [-0.25, -0.2) is 0 Å². The molecule has 56 valence electrons. The Bertz CT molecular complexity index is 304. The third-order valence-electron chi connectivity index (χ3n) is 1.47. The highest BCUT2D eigenvalue weighted by molar-refractivity contribution is 8.03. The highest BCUT2D eigenvalue weighted by Crippen LogP contribution is 2.37. The van der Waals surface area contributed by atoms with E-state index in [9.17, 15) is 0 Å². The number of fused-ring (bicyclic) bond motifs is 1. The zero-order valence-corrected chi connectivity index (χ0v) is 7.02. The zero-order valence-electron chi connectivity index (χ0n) is 6.20. The summed E-state index contributed by atoms with van der Waals surface area (Å²) >= 11 is 1.75. The van der Waals surface area contributed by atoms with E-state index in [0.29, 0.717) is 0 Å². The standard InChI is InChI=1S/C9H8OS/c1-7-6-10-8-4-2-3-5-9(8)11-7/h2-6H,1H3. The van der Waals surface area contributed by atoms with E-state index >= 15 is 0 Å². The van der Waals surface area contributed by atoms with Crippen molar-refractivity contribution in [2.45, 2.75) is 11.8 Å². The van der Waals surface area contributed by atoms with Gasteiger partial charge in [-0.1, -0.05) is 23.9 Å². The zero-order chi connectivity index (χ0) is 7.68. The molecule has 0 saturated carbocycles. The lowest BCUT2D eigenvalue weighted by Gasteiger charge is -2.13. The van der Waals surface area contributed by atoms with Gasteiger partial charge in [0.2, 0.25) is 0 Å². The maximum Gasteiger partial charge on any atom is 0.140 e. The third kappa shape index (κ3) is 1.26. The molecular formula is C9H8OS. The number of ether oxygens (including phenoxy) is 1. The van der Waals surface area contributed by atoms with Crippen molar-refractivity contribution in [3.05, 3.63) is 35.4 Å². The summed E-state index contributed by atoms with van der Waals surface area (Å²) in [5, 5.41) is 0. The molecule has 0 bridgehead atoms. The predicted molar refractivity (Wildman–Crippen MR) is 46.7 cm³/mol. The highest BCUT2D eigenvalue weighted by Gasteiger charge is 2.08. The van der Waals surface area contributed by atoms with Gasteiger partial charge in [-0.05, 0) is 19.1 Å². The molecule has 0 aliphatic carbocycles. The van der Waals surface area contributed by atoms with Gasteiger partial charge in [-0.2, -0.15) is 0 Å². The number of allylic oxidation sites excluding steroid dienone is 1. The summed E-state index contributed by atoms with van der Waals surface area (Å²) in [5.41, 5.74) is 0. The van der Waals surface area contributed by atoms with Gasteiger partial charge in [0, 0.05) is 4.91 Å². The number of hydrogen-bond acceptors (Lipinski definition) is 2. The largest absolute Gasteiger partial charge is 0.463 e. The van der Waals surface area contributed by atoms with E-state index in [1.165, 1.54) is 9.80 Å². The first-order valence-electron chi connectivity index (χ1n) is 3.46. The summed E-state index contributed by atoms with van der Waals surface area (Å²) in [7, 11) is 0. The Morgan fingerprint density at radius 3 is 3.00 bits per heavy atom. The Labute approximate surface area is 70.1 Å². The maximum atomic E-state index is 5.35. The fourth-order valence-electron chi connectivity index (χ4n) is 0.976. The Morgan fingerprint density at radius 1 is 1.27 bits per heavy atom. The summed E-state index contributed by atoms with van der Waals surface area (Å²) in [4.78, 5) is 2.40. The first-order valence-corrected chi connectivity index (χ1v) is 4.28. The van der Waals surface area contributed by atoms with Crippen LogP contribution in [0.2, 0.25) is 0 Å². The number of rotatable bonds is 0. The van der Waals surface area contributed by atoms with Gasteiger partial charge in [-0.3, -0.25) is 0 Å². The molecular weight excluding hydrogens is 156 g/mol. The van der Waals surface area contributed by atoms with Gasteiger partial charge < -0.3 is 4.74 Å². The lowest BCUT2D eigenvalue weighted by atomic mass is 10.3. The first-order chi connectivity index (χ1) is 5.36. The molecule has 2 rings (SSSR count). The monoisotopic (exact) mass is 164 g/mol. The molecule has 0 spiro atoms. The van der Waals surface area contributed by atoms with Crippen molar-refractivity contribution in [3.8, 4) is 5.75 Å². The van der Waals surface area contributed by atoms with E-state index in [2.05, 4.69) is 6.07 Å². The molecule has 1 aliphatic heterocycles. The average Bonchev–Trinajstić information content (AvgIpc) is 2.04. The molecule has 0 saturated heterocycles. The van der Waals surface area contributed by atoms with Gasteiger partial charge >= 0.3 is 0 Å². The number of para-hydroxylation sites is 1. The van der Waals surface area contributed by atoms with E-state index in [-0.39, 0.29) is 0 Å². The second-order valence-electron chi connectivity index (χ2n) is 2.40. The van der Waals surface area contributed by atoms with Gasteiger partial charge in [0.25, 0.3) is 0 Å². The molecule has 1 aliphatic rings. The molecule has 0 radical (unpaired) electrons. The number of thioether (sulfide) groups is 1. The SMILES string of the molecule is CC1=COc2ccccc2S1. The average molecular weight is 164 g/mol. The molecule has 0 fully saturated rings. The third-order valence-corrected chi connectivity index (χ3v) is 2.45. The molecule has 0 unspecified atom stereocenters. The minimum absolute atomic E-state index is 0.961. The molecule has 1 aromatic rings. The second-order valence-corrected chi connectivity index (χ2v) is 3.68. The topological polar surface area (TPSA) is 9.23 Å². The Hall–Kier alpha value is -0.890. The van der Waals surface area contributed by atoms with E-state index in [0.717, 1.165) is 5.75 Å². The van der Waals surface area contributed by atoms with Crippen molar-refractivity contribution >= 4 is 11.8 Å². The smallest absolute Gasteiger partial charge is 0.140 e. The lowest BCUT2D eigenvalue weighted by Crippen LogP contribution is -1.91. The van der Waals surface area contributed by atoms with Crippen molar-refractivity contribution in [3.63, 3.8) is 0 Å². The van der Waals surface area contributed by atoms with Crippen LogP contribution in [0.4, 0.5) is 0 Å². The fraction of sp³-hybridized carbons (Fsp3) is 0.111. The molecule has 11 heavy (non-hydrogen) atoms. The van der Waals surface area contributed by atoms with Gasteiger partial charge in [-0.15, -0.1) is 0 Å².